The highest BCUT2D eigenvalue weighted by atomic mass is 32.2. The molecule has 2 atom stereocenters. The van der Waals surface area contributed by atoms with Crippen molar-refractivity contribution >= 4 is 15.7 Å². The Hall–Kier alpha value is -2.19. The molecule has 1 N–H and O–H groups in total. The van der Waals surface area contributed by atoms with Crippen molar-refractivity contribution in [3.63, 3.8) is 0 Å². The number of rotatable bonds is 6. The van der Waals surface area contributed by atoms with Gasteiger partial charge >= 0.3 is 0 Å². The molecule has 2 aliphatic rings. The van der Waals surface area contributed by atoms with Crippen LogP contribution in [-0.4, -0.2) is 49.8 Å². The van der Waals surface area contributed by atoms with Crippen molar-refractivity contribution in [2.24, 2.45) is 5.92 Å². The number of aromatic nitrogens is 1. The van der Waals surface area contributed by atoms with Gasteiger partial charge in [-0.1, -0.05) is 24.2 Å². The topological polar surface area (TPSA) is 92.5 Å². The molecule has 4 rings (SSSR count). The minimum Gasteiger partial charge on any atom is -0.360 e. The maximum atomic E-state index is 12.5. The lowest BCUT2D eigenvalue weighted by Crippen LogP contribution is -2.39. The lowest BCUT2D eigenvalue weighted by atomic mass is 10.1. The molecule has 2 heterocycles. The van der Waals surface area contributed by atoms with Crippen molar-refractivity contribution in [3.05, 3.63) is 47.3 Å². The summed E-state index contributed by atoms with van der Waals surface area (Å²) in [6.07, 6.45) is 3.42. The Labute approximate surface area is 165 Å². The summed E-state index contributed by atoms with van der Waals surface area (Å²) in [7, 11) is -3.18. The summed E-state index contributed by atoms with van der Waals surface area (Å²) in [6.45, 7) is 4.45. The molecule has 0 spiro atoms. The fraction of sp³-hybridized carbons (Fsp3) is 0.500. The number of hydrogen-bond acceptors (Lipinski definition) is 6. The van der Waals surface area contributed by atoms with E-state index >= 15 is 0 Å². The third-order valence-electron chi connectivity index (χ3n) is 5.50. The van der Waals surface area contributed by atoms with E-state index in [9.17, 15) is 13.2 Å². The van der Waals surface area contributed by atoms with Crippen LogP contribution < -0.4 is 5.32 Å². The van der Waals surface area contributed by atoms with E-state index in [1.807, 2.05) is 12.1 Å². The Bertz CT molecular complexity index is 964. The normalized spacial score (nSPS) is 23.1. The molecule has 1 aromatic heterocycles. The quantitative estimate of drug-likeness (QED) is 0.795. The van der Waals surface area contributed by atoms with E-state index < -0.39 is 9.84 Å². The molecular formula is C20H25N3O4S. The third kappa shape index (κ3) is 4.28. The Morgan fingerprint density at radius 3 is 2.61 bits per heavy atom. The number of likely N-dealkylation sites (tertiary alicyclic amines) is 1. The summed E-state index contributed by atoms with van der Waals surface area (Å²) >= 11 is 0. The van der Waals surface area contributed by atoms with Crippen LogP contribution in [0.3, 0.4) is 0 Å². The van der Waals surface area contributed by atoms with Gasteiger partial charge in [0, 0.05) is 43.9 Å². The minimum absolute atomic E-state index is 0.0452. The molecule has 1 aromatic carbocycles. The van der Waals surface area contributed by atoms with Gasteiger partial charge in [-0.2, -0.15) is 0 Å². The zero-order valence-electron chi connectivity index (χ0n) is 16.1. The van der Waals surface area contributed by atoms with E-state index in [1.165, 1.54) is 6.26 Å². The number of sulfone groups is 1. The predicted molar refractivity (Wildman–Crippen MR) is 104 cm³/mol. The van der Waals surface area contributed by atoms with Gasteiger partial charge in [0.05, 0.1) is 4.90 Å². The standard InChI is InChI=1S/C20H25N3O4S/c1-13-10-23(11-14-3-7-16(8-4-14)28(2,25)26)12-18(13)21-20(24)17-9-19(27-22-17)15-5-6-15/h3-4,7-9,13,15,18H,5-6,10-12H2,1-2H3,(H,21,24)/t13-,18+/m1/s1. The third-order valence-corrected chi connectivity index (χ3v) is 6.63. The fourth-order valence-corrected chi connectivity index (χ4v) is 4.31. The summed E-state index contributed by atoms with van der Waals surface area (Å²) in [6, 6.07) is 8.79. The van der Waals surface area contributed by atoms with Crippen LogP contribution in [0.2, 0.25) is 0 Å². The Morgan fingerprint density at radius 1 is 1.25 bits per heavy atom. The fourth-order valence-electron chi connectivity index (χ4n) is 3.68. The summed E-state index contributed by atoms with van der Waals surface area (Å²) in [5, 5.41) is 6.99. The molecule has 0 bridgehead atoms. The summed E-state index contributed by atoms with van der Waals surface area (Å²) in [5.74, 6) is 1.37. The molecule has 1 aliphatic heterocycles. The van der Waals surface area contributed by atoms with E-state index in [1.54, 1.807) is 18.2 Å². The predicted octanol–water partition coefficient (Wildman–Crippen LogP) is 2.21. The van der Waals surface area contributed by atoms with Gasteiger partial charge < -0.3 is 9.84 Å². The number of nitrogens with zero attached hydrogens (tertiary/aromatic N) is 2. The van der Waals surface area contributed by atoms with Gasteiger partial charge in [-0.15, -0.1) is 0 Å². The average molecular weight is 404 g/mol. The highest BCUT2D eigenvalue weighted by molar-refractivity contribution is 7.90. The van der Waals surface area contributed by atoms with Gasteiger partial charge in [-0.3, -0.25) is 9.69 Å². The van der Waals surface area contributed by atoms with Crippen LogP contribution in [0.25, 0.3) is 0 Å². The zero-order valence-corrected chi connectivity index (χ0v) is 16.9. The van der Waals surface area contributed by atoms with Gasteiger partial charge in [0.1, 0.15) is 5.76 Å². The van der Waals surface area contributed by atoms with E-state index in [2.05, 4.69) is 22.3 Å². The molecule has 150 valence electrons. The Balaban J connectivity index is 1.34. The molecule has 8 heteroatoms. The average Bonchev–Trinajstić information content (AvgIpc) is 3.26. The van der Waals surface area contributed by atoms with E-state index in [4.69, 9.17) is 4.52 Å². The van der Waals surface area contributed by atoms with Gasteiger partial charge in [0.25, 0.3) is 5.91 Å². The summed E-state index contributed by atoms with van der Waals surface area (Å²) in [5.41, 5.74) is 1.40. The van der Waals surface area contributed by atoms with Crippen LogP contribution >= 0.6 is 0 Å². The first-order valence-corrected chi connectivity index (χ1v) is 11.5. The lowest BCUT2D eigenvalue weighted by molar-refractivity contribution is 0.0922. The van der Waals surface area contributed by atoms with Crippen LogP contribution in [0.1, 0.15) is 47.5 Å². The highest BCUT2D eigenvalue weighted by Gasteiger charge is 2.33. The summed E-state index contributed by atoms with van der Waals surface area (Å²) < 4.78 is 28.4. The summed E-state index contributed by atoms with van der Waals surface area (Å²) in [4.78, 5) is 15.1. The van der Waals surface area contributed by atoms with Crippen molar-refractivity contribution in [2.75, 3.05) is 19.3 Å². The van der Waals surface area contributed by atoms with Crippen molar-refractivity contribution in [2.45, 2.75) is 43.2 Å². The number of benzene rings is 1. The first-order valence-electron chi connectivity index (χ1n) is 9.58. The maximum Gasteiger partial charge on any atom is 0.273 e. The van der Waals surface area contributed by atoms with Crippen molar-refractivity contribution < 1.29 is 17.7 Å². The molecule has 0 radical (unpaired) electrons. The minimum atomic E-state index is -3.18. The van der Waals surface area contributed by atoms with Gasteiger partial charge in [0.2, 0.25) is 0 Å². The molecule has 7 nitrogen and oxygen atoms in total. The van der Waals surface area contributed by atoms with Crippen molar-refractivity contribution in [3.8, 4) is 0 Å². The molecule has 1 saturated heterocycles. The number of nitrogens with one attached hydrogen (secondary N) is 1. The lowest BCUT2D eigenvalue weighted by Gasteiger charge is -2.17. The SMILES string of the molecule is C[C@@H]1CN(Cc2ccc(S(C)(=O)=O)cc2)C[C@@H]1NC(=O)c1cc(C2CC2)on1. The van der Waals surface area contributed by atoms with Gasteiger partial charge in [0.15, 0.2) is 15.5 Å². The number of hydrogen-bond donors (Lipinski definition) is 1. The van der Waals surface area contributed by atoms with Crippen molar-refractivity contribution in [1.82, 2.24) is 15.4 Å². The highest BCUT2D eigenvalue weighted by Crippen LogP contribution is 2.40. The van der Waals surface area contributed by atoms with E-state index in [-0.39, 0.29) is 11.9 Å². The molecular weight excluding hydrogens is 378 g/mol. The van der Waals surface area contributed by atoms with Gasteiger partial charge in [-0.25, -0.2) is 8.42 Å². The first kappa shape index (κ1) is 19.1. The van der Waals surface area contributed by atoms with Crippen LogP contribution in [0, 0.1) is 5.92 Å². The van der Waals surface area contributed by atoms with Crippen LogP contribution in [0.4, 0.5) is 0 Å². The molecule has 1 amide bonds. The van der Waals surface area contributed by atoms with Crippen molar-refractivity contribution in [1.29, 1.82) is 0 Å². The number of carbonyl (C=O) groups is 1. The molecule has 2 fully saturated rings. The molecule has 0 unspecified atom stereocenters. The Kier molecular flexibility index (Phi) is 5.01. The van der Waals surface area contributed by atoms with Crippen LogP contribution in [-0.2, 0) is 16.4 Å². The second kappa shape index (κ2) is 7.33. The van der Waals surface area contributed by atoms with Crippen LogP contribution in [0.5, 0.6) is 0 Å². The zero-order chi connectivity index (χ0) is 19.9. The molecule has 1 aliphatic carbocycles. The second-order valence-corrected chi connectivity index (χ2v) is 10.1. The first-order chi connectivity index (χ1) is 13.3. The Morgan fingerprint density at radius 2 is 1.96 bits per heavy atom. The van der Waals surface area contributed by atoms with E-state index in [0.29, 0.717) is 22.4 Å². The molecule has 1 saturated carbocycles. The largest absolute Gasteiger partial charge is 0.360 e. The van der Waals surface area contributed by atoms with E-state index in [0.717, 1.165) is 43.8 Å². The molecule has 2 aromatic rings. The maximum absolute atomic E-state index is 12.5. The smallest absolute Gasteiger partial charge is 0.273 e. The molecule has 28 heavy (non-hydrogen) atoms. The monoisotopic (exact) mass is 403 g/mol. The second-order valence-electron chi connectivity index (χ2n) is 8.06. The van der Waals surface area contributed by atoms with Crippen LogP contribution in [0.15, 0.2) is 39.8 Å². The number of carbonyl (C=O) groups excluding carboxylic acids is 1. The number of amides is 1. The van der Waals surface area contributed by atoms with Gasteiger partial charge in [-0.05, 0) is 36.5 Å².